The first kappa shape index (κ1) is 8.99. The molecule has 0 saturated carbocycles. The minimum Gasteiger partial charge on any atom is -0.545 e. The molecule has 0 unspecified atom stereocenters. The Hall–Kier alpha value is -1.10. The minimum absolute atomic E-state index is 0.0539. The Balaban J connectivity index is 3.21. The van der Waals surface area contributed by atoms with Crippen molar-refractivity contribution in [1.29, 1.82) is 0 Å². The van der Waals surface area contributed by atoms with Gasteiger partial charge in [0.2, 0.25) is 5.88 Å². The Morgan fingerprint density at radius 3 is 2.92 bits per heavy atom. The number of pyridine rings is 1. The normalized spacial score (nSPS) is 9.50. The first-order valence-electron chi connectivity index (χ1n) is 3.06. The van der Waals surface area contributed by atoms with Crippen LogP contribution in [0.3, 0.4) is 0 Å². The maximum Gasteiger partial charge on any atom is 0.222 e. The maximum atomic E-state index is 10.5. The molecular formula is C7H5BrNO3-. The van der Waals surface area contributed by atoms with Crippen LogP contribution in [-0.2, 0) is 0 Å². The summed E-state index contributed by atoms with van der Waals surface area (Å²) in [6, 6.07) is 1.38. The number of carboxylic acid groups (broad SMARTS) is 1. The van der Waals surface area contributed by atoms with Crippen LogP contribution in [0.1, 0.15) is 10.4 Å². The summed E-state index contributed by atoms with van der Waals surface area (Å²) in [4.78, 5) is 14.2. The Kier molecular flexibility index (Phi) is 2.65. The van der Waals surface area contributed by atoms with Gasteiger partial charge in [-0.15, -0.1) is 0 Å². The fourth-order valence-corrected chi connectivity index (χ4v) is 1.07. The third-order valence-corrected chi connectivity index (χ3v) is 1.66. The number of hydrogen-bond donors (Lipinski definition) is 0. The van der Waals surface area contributed by atoms with Gasteiger partial charge in [-0.3, -0.25) is 0 Å². The molecule has 0 bridgehead atoms. The van der Waals surface area contributed by atoms with E-state index in [9.17, 15) is 9.90 Å². The molecule has 12 heavy (non-hydrogen) atoms. The fraction of sp³-hybridized carbons (Fsp3) is 0.143. The molecular weight excluding hydrogens is 226 g/mol. The van der Waals surface area contributed by atoms with Crippen molar-refractivity contribution in [1.82, 2.24) is 4.98 Å². The second kappa shape index (κ2) is 3.53. The standard InChI is InChI=1S/C7H6BrNO3/c1-12-6-5(7(10)11)2-4(8)3-9-6/h2-3H,1H3,(H,10,11)/p-1. The average molecular weight is 231 g/mol. The fourth-order valence-electron chi connectivity index (χ4n) is 0.736. The van der Waals surface area contributed by atoms with Gasteiger partial charge >= 0.3 is 0 Å². The molecule has 0 fully saturated rings. The van der Waals surface area contributed by atoms with Crippen molar-refractivity contribution >= 4 is 21.9 Å². The van der Waals surface area contributed by atoms with Gasteiger partial charge in [0.05, 0.1) is 18.6 Å². The van der Waals surface area contributed by atoms with Crippen LogP contribution in [0, 0.1) is 0 Å². The van der Waals surface area contributed by atoms with Crippen molar-refractivity contribution in [2.45, 2.75) is 0 Å². The predicted octanol–water partition coefficient (Wildman–Crippen LogP) is 0.216. The van der Waals surface area contributed by atoms with E-state index in [-0.39, 0.29) is 11.4 Å². The molecule has 0 aromatic carbocycles. The second-order valence-corrected chi connectivity index (χ2v) is 2.91. The Bertz CT molecular complexity index is 314. The average Bonchev–Trinajstić information content (AvgIpc) is 2.04. The number of carbonyl (C=O) groups excluding carboxylic acids is 1. The molecule has 0 N–H and O–H groups in total. The third kappa shape index (κ3) is 1.73. The molecule has 0 atom stereocenters. The summed E-state index contributed by atoms with van der Waals surface area (Å²) in [6.45, 7) is 0. The zero-order chi connectivity index (χ0) is 9.14. The quantitative estimate of drug-likeness (QED) is 0.730. The lowest BCUT2D eigenvalue weighted by molar-refractivity contribution is -0.255. The molecule has 0 aliphatic heterocycles. The van der Waals surface area contributed by atoms with Crippen LogP contribution in [0.4, 0.5) is 0 Å². The third-order valence-electron chi connectivity index (χ3n) is 1.23. The van der Waals surface area contributed by atoms with E-state index in [1.807, 2.05) is 0 Å². The summed E-state index contributed by atoms with van der Waals surface area (Å²) < 4.78 is 5.28. The lowest BCUT2D eigenvalue weighted by atomic mass is 10.3. The monoisotopic (exact) mass is 230 g/mol. The molecule has 0 saturated heterocycles. The van der Waals surface area contributed by atoms with Gasteiger partial charge in [-0.2, -0.15) is 0 Å². The number of methoxy groups -OCH3 is 1. The summed E-state index contributed by atoms with van der Waals surface area (Å²) in [5, 5.41) is 10.5. The highest BCUT2D eigenvalue weighted by Crippen LogP contribution is 2.18. The summed E-state index contributed by atoms with van der Waals surface area (Å²) >= 11 is 3.08. The summed E-state index contributed by atoms with van der Waals surface area (Å²) in [6.07, 6.45) is 1.45. The second-order valence-electron chi connectivity index (χ2n) is 2.00. The number of carbonyl (C=O) groups is 1. The Labute approximate surface area is 77.3 Å². The Morgan fingerprint density at radius 2 is 2.42 bits per heavy atom. The summed E-state index contributed by atoms with van der Waals surface area (Å²) in [7, 11) is 1.35. The van der Waals surface area contributed by atoms with Crippen LogP contribution in [0.25, 0.3) is 0 Å². The number of aromatic nitrogens is 1. The molecule has 0 aliphatic rings. The van der Waals surface area contributed by atoms with E-state index in [1.54, 1.807) is 0 Å². The van der Waals surface area contributed by atoms with E-state index in [1.165, 1.54) is 19.4 Å². The molecule has 5 heteroatoms. The van der Waals surface area contributed by atoms with Crippen LogP contribution in [-0.4, -0.2) is 18.1 Å². The highest BCUT2D eigenvalue weighted by atomic mass is 79.9. The zero-order valence-corrected chi connectivity index (χ0v) is 7.79. The number of aromatic carboxylic acids is 1. The number of carboxylic acids is 1. The number of rotatable bonds is 2. The van der Waals surface area contributed by atoms with Gasteiger partial charge in [0.1, 0.15) is 0 Å². The van der Waals surface area contributed by atoms with Crippen LogP contribution < -0.4 is 9.84 Å². The van der Waals surface area contributed by atoms with Crippen molar-refractivity contribution in [2.75, 3.05) is 7.11 Å². The SMILES string of the molecule is COc1ncc(Br)cc1C(=O)[O-]. The smallest absolute Gasteiger partial charge is 0.222 e. The molecule has 0 spiro atoms. The van der Waals surface area contributed by atoms with Gasteiger partial charge in [-0.25, -0.2) is 4.98 Å². The molecule has 1 aromatic rings. The highest BCUT2D eigenvalue weighted by molar-refractivity contribution is 9.10. The van der Waals surface area contributed by atoms with E-state index < -0.39 is 5.97 Å². The first-order valence-corrected chi connectivity index (χ1v) is 3.85. The van der Waals surface area contributed by atoms with Gasteiger partial charge < -0.3 is 14.6 Å². The van der Waals surface area contributed by atoms with E-state index in [4.69, 9.17) is 4.74 Å². The molecule has 1 heterocycles. The number of halogens is 1. The van der Waals surface area contributed by atoms with E-state index in [2.05, 4.69) is 20.9 Å². The van der Waals surface area contributed by atoms with Crippen LogP contribution in [0.5, 0.6) is 5.88 Å². The van der Waals surface area contributed by atoms with Gasteiger partial charge in [0, 0.05) is 10.7 Å². The van der Waals surface area contributed by atoms with E-state index in [0.29, 0.717) is 4.47 Å². The minimum atomic E-state index is -1.30. The Morgan fingerprint density at radius 1 is 1.75 bits per heavy atom. The van der Waals surface area contributed by atoms with Crippen LogP contribution in [0.2, 0.25) is 0 Å². The van der Waals surface area contributed by atoms with Crippen molar-refractivity contribution in [3.05, 3.63) is 22.3 Å². The van der Waals surface area contributed by atoms with E-state index in [0.717, 1.165) is 0 Å². The number of nitrogens with zero attached hydrogens (tertiary/aromatic N) is 1. The molecule has 0 amide bonds. The zero-order valence-electron chi connectivity index (χ0n) is 6.20. The van der Waals surface area contributed by atoms with Gasteiger partial charge in [0.25, 0.3) is 0 Å². The van der Waals surface area contributed by atoms with Crippen molar-refractivity contribution < 1.29 is 14.6 Å². The van der Waals surface area contributed by atoms with Gasteiger partial charge in [-0.05, 0) is 22.0 Å². The van der Waals surface area contributed by atoms with Crippen molar-refractivity contribution in [2.24, 2.45) is 0 Å². The van der Waals surface area contributed by atoms with Crippen LogP contribution in [0.15, 0.2) is 16.7 Å². The molecule has 0 radical (unpaired) electrons. The maximum absolute atomic E-state index is 10.5. The largest absolute Gasteiger partial charge is 0.545 e. The molecule has 1 rings (SSSR count). The van der Waals surface area contributed by atoms with E-state index >= 15 is 0 Å². The molecule has 1 aromatic heterocycles. The molecule has 64 valence electrons. The topological polar surface area (TPSA) is 62.2 Å². The first-order chi connectivity index (χ1) is 5.65. The summed E-state index contributed by atoms with van der Waals surface area (Å²) in [5.41, 5.74) is -0.0631. The molecule has 4 nitrogen and oxygen atoms in total. The van der Waals surface area contributed by atoms with Gasteiger partial charge in [-0.1, -0.05) is 0 Å². The van der Waals surface area contributed by atoms with Crippen LogP contribution >= 0.6 is 15.9 Å². The lowest BCUT2D eigenvalue weighted by Crippen LogP contribution is -2.23. The van der Waals surface area contributed by atoms with Crippen molar-refractivity contribution in [3.63, 3.8) is 0 Å². The number of ether oxygens (including phenoxy) is 1. The predicted molar refractivity (Wildman–Crippen MR) is 42.8 cm³/mol. The molecule has 0 aliphatic carbocycles. The van der Waals surface area contributed by atoms with Crippen molar-refractivity contribution in [3.8, 4) is 5.88 Å². The highest BCUT2D eigenvalue weighted by Gasteiger charge is 2.05. The lowest BCUT2D eigenvalue weighted by Gasteiger charge is -2.07. The van der Waals surface area contributed by atoms with Gasteiger partial charge in [0.15, 0.2) is 0 Å². The number of hydrogen-bond acceptors (Lipinski definition) is 4. The summed E-state index contributed by atoms with van der Waals surface area (Å²) in [5.74, 6) is -1.25.